The molecule has 0 radical (unpaired) electrons. The summed E-state index contributed by atoms with van der Waals surface area (Å²) in [7, 11) is 1.30. The molecule has 0 aliphatic carbocycles. The first kappa shape index (κ1) is 19.6. The van der Waals surface area contributed by atoms with E-state index in [0.717, 1.165) is 12.0 Å². The number of likely N-dealkylation sites (tertiary alicyclic amines) is 1. The molecule has 8 heteroatoms. The number of amides is 2. The number of alkyl halides is 2. The lowest BCUT2D eigenvalue weighted by atomic mass is 10.1. The lowest BCUT2D eigenvalue weighted by Crippen LogP contribution is -2.23. The molecule has 0 saturated carbocycles. The molecular weight excluding hydrogens is 370 g/mol. The number of benzene rings is 2. The van der Waals surface area contributed by atoms with Gasteiger partial charge in [-0.2, -0.15) is 8.78 Å². The van der Waals surface area contributed by atoms with Gasteiger partial charge in [-0.25, -0.2) is 0 Å². The third-order valence-electron chi connectivity index (χ3n) is 4.38. The second-order valence-electron chi connectivity index (χ2n) is 6.29. The average molecular weight is 390 g/mol. The summed E-state index contributed by atoms with van der Waals surface area (Å²) in [5.74, 6) is -0.783. The first-order valence-electron chi connectivity index (χ1n) is 8.78. The van der Waals surface area contributed by atoms with E-state index in [4.69, 9.17) is 4.74 Å². The molecule has 1 aliphatic rings. The van der Waals surface area contributed by atoms with E-state index in [2.05, 4.69) is 10.1 Å². The molecule has 2 aromatic rings. The molecule has 28 heavy (non-hydrogen) atoms. The zero-order valence-electron chi connectivity index (χ0n) is 15.3. The van der Waals surface area contributed by atoms with E-state index in [1.807, 2.05) is 6.07 Å². The van der Waals surface area contributed by atoms with E-state index >= 15 is 0 Å². The number of anilines is 1. The molecule has 3 rings (SSSR count). The van der Waals surface area contributed by atoms with Crippen LogP contribution < -0.4 is 14.8 Å². The van der Waals surface area contributed by atoms with E-state index in [1.165, 1.54) is 25.3 Å². The SMILES string of the molecule is COc1cccc(C(=O)Nc2cccc(CN3CCCC3=O)c2)c1OC(F)F. The highest BCUT2D eigenvalue weighted by atomic mass is 19.3. The summed E-state index contributed by atoms with van der Waals surface area (Å²) >= 11 is 0. The summed E-state index contributed by atoms with van der Waals surface area (Å²) in [6, 6.07) is 11.4. The molecule has 1 heterocycles. The van der Waals surface area contributed by atoms with Gasteiger partial charge in [0.25, 0.3) is 5.91 Å². The Morgan fingerprint density at radius 3 is 2.71 bits per heavy atom. The lowest BCUT2D eigenvalue weighted by molar-refractivity contribution is -0.128. The smallest absolute Gasteiger partial charge is 0.387 e. The van der Waals surface area contributed by atoms with Gasteiger partial charge in [0.1, 0.15) is 0 Å². The minimum Gasteiger partial charge on any atom is -0.493 e. The molecule has 1 fully saturated rings. The predicted molar refractivity (Wildman–Crippen MR) is 98.7 cm³/mol. The molecule has 1 saturated heterocycles. The first-order valence-corrected chi connectivity index (χ1v) is 8.78. The van der Waals surface area contributed by atoms with E-state index in [0.29, 0.717) is 25.2 Å². The largest absolute Gasteiger partial charge is 0.493 e. The fourth-order valence-corrected chi connectivity index (χ4v) is 3.10. The molecule has 0 aromatic heterocycles. The summed E-state index contributed by atoms with van der Waals surface area (Å²) in [4.78, 5) is 26.2. The van der Waals surface area contributed by atoms with Crippen LogP contribution in [0.2, 0.25) is 0 Å². The maximum Gasteiger partial charge on any atom is 0.387 e. The fraction of sp³-hybridized carbons (Fsp3) is 0.300. The summed E-state index contributed by atoms with van der Waals surface area (Å²) in [6.45, 7) is -1.92. The predicted octanol–water partition coefficient (Wildman–Crippen LogP) is 3.67. The van der Waals surface area contributed by atoms with Crippen LogP contribution in [-0.4, -0.2) is 37.0 Å². The van der Waals surface area contributed by atoms with Crippen LogP contribution in [0.1, 0.15) is 28.8 Å². The summed E-state index contributed by atoms with van der Waals surface area (Å²) in [5, 5.41) is 2.68. The highest BCUT2D eigenvalue weighted by Crippen LogP contribution is 2.33. The highest BCUT2D eigenvalue weighted by molar-refractivity contribution is 6.06. The van der Waals surface area contributed by atoms with Gasteiger partial charge in [0.05, 0.1) is 12.7 Å². The summed E-state index contributed by atoms with van der Waals surface area (Å²) in [6.07, 6.45) is 1.40. The summed E-state index contributed by atoms with van der Waals surface area (Å²) in [5.41, 5.74) is 1.28. The van der Waals surface area contributed by atoms with Crippen LogP contribution in [0.3, 0.4) is 0 Å². The van der Waals surface area contributed by atoms with Gasteiger partial charge in [0.2, 0.25) is 5.91 Å². The van der Waals surface area contributed by atoms with E-state index in [-0.39, 0.29) is 23.0 Å². The molecule has 0 unspecified atom stereocenters. The van der Waals surface area contributed by atoms with Crippen molar-refractivity contribution in [3.8, 4) is 11.5 Å². The Bertz CT molecular complexity index is 873. The molecule has 0 spiro atoms. The third-order valence-corrected chi connectivity index (χ3v) is 4.38. The van der Waals surface area contributed by atoms with Gasteiger partial charge in [-0.15, -0.1) is 0 Å². The number of rotatable bonds is 7. The van der Waals surface area contributed by atoms with Crippen molar-refractivity contribution in [3.63, 3.8) is 0 Å². The van der Waals surface area contributed by atoms with Crippen molar-refractivity contribution in [2.45, 2.75) is 26.0 Å². The average Bonchev–Trinajstić information content (AvgIpc) is 3.06. The van der Waals surface area contributed by atoms with E-state index in [9.17, 15) is 18.4 Å². The van der Waals surface area contributed by atoms with Crippen LogP contribution in [0, 0.1) is 0 Å². The third kappa shape index (κ3) is 4.57. The molecule has 2 aromatic carbocycles. The van der Waals surface area contributed by atoms with Crippen LogP contribution in [0.25, 0.3) is 0 Å². The quantitative estimate of drug-likeness (QED) is 0.783. The highest BCUT2D eigenvalue weighted by Gasteiger charge is 2.22. The van der Waals surface area contributed by atoms with Gasteiger partial charge in [-0.05, 0) is 36.2 Å². The second-order valence-corrected chi connectivity index (χ2v) is 6.29. The maximum absolute atomic E-state index is 12.7. The molecule has 1 aliphatic heterocycles. The van der Waals surface area contributed by atoms with Gasteiger partial charge in [0, 0.05) is 25.2 Å². The van der Waals surface area contributed by atoms with Gasteiger partial charge in [-0.1, -0.05) is 18.2 Å². The Kier molecular flexibility index (Phi) is 6.08. The number of hydrogen-bond donors (Lipinski definition) is 1. The Morgan fingerprint density at radius 1 is 1.25 bits per heavy atom. The van der Waals surface area contributed by atoms with Gasteiger partial charge in [-0.3, -0.25) is 9.59 Å². The lowest BCUT2D eigenvalue weighted by Gasteiger charge is -2.17. The number of methoxy groups -OCH3 is 1. The number of ether oxygens (including phenoxy) is 2. The Hall–Kier alpha value is -3.16. The molecular formula is C20H20F2N2O4. The number of nitrogens with one attached hydrogen (secondary N) is 1. The fourth-order valence-electron chi connectivity index (χ4n) is 3.10. The minimum absolute atomic E-state index is 0.0363. The Morgan fingerprint density at radius 2 is 2.04 bits per heavy atom. The normalized spacial score (nSPS) is 13.7. The topological polar surface area (TPSA) is 67.9 Å². The maximum atomic E-state index is 12.7. The van der Waals surface area contributed by atoms with E-state index in [1.54, 1.807) is 23.1 Å². The zero-order valence-corrected chi connectivity index (χ0v) is 15.3. The van der Waals surface area contributed by atoms with Crippen molar-refractivity contribution in [2.75, 3.05) is 19.0 Å². The van der Waals surface area contributed by atoms with Crippen LogP contribution in [-0.2, 0) is 11.3 Å². The van der Waals surface area contributed by atoms with Gasteiger partial charge in [0.15, 0.2) is 11.5 Å². The van der Waals surface area contributed by atoms with Crippen molar-refractivity contribution < 1.29 is 27.8 Å². The zero-order chi connectivity index (χ0) is 20.1. The van der Waals surface area contributed by atoms with Crippen LogP contribution in [0.4, 0.5) is 14.5 Å². The first-order chi connectivity index (χ1) is 13.5. The number of carbonyl (C=O) groups is 2. The summed E-state index contributed by atoms with van der Waals surface area (Å²) < 4.78 is 35.0. The number of carbonyl (C=O) groups excluding carboxylic acids is 2. The number of para-hydroxylation sites is 1. The number of nitrogens with zero attached hydrogens (tertiary/aromatic N) is 1. The minimum atomic E-state index is -3.09. The monoisotopic (exact) mass is 390 g/mol. The molecule has 6 nitrogen and oxygen atoms in total. The van der Waals surface area contributed by atoms with Crippen molar-refractivity contribution in [1.29, 1.82) is 0 Å². The molecule has 0 bridgehead atoms. The molecule has 0 atom stereocenters. The van der Waals surface area contributed by atoms with Crippen molar-refractivity contribution >= 4 is 17.5 Å². The van der Waals surface area contributed by atoms with Crippen molar-refractivity contribution in [2.24, 2.45) is 0 Å². The second kappa shape index (κ2) is 8.69. The van der Waals surface area contributed by atoms with Crippen LogP contribution >= 0.6 is 0 Å². The van der Waals surface area contributed by atoms with Crippen molar-refractivity contribution in [3.05, 3.63) is 53.6 Å². The van der Waals surface area contributed by atoms with Crippen molar-refractivity contribution in [1.82, 2.24) is 4.90 Å². The van der Waals surface area contributed by atoms with Gasteiger partial charge >= 0.3 is 6.61 Å². The van der Waals surface area contributed by atoms with Crippen LogP contribution in [0.15, 0.2) is 42.5 Å². The number of hydrogen-bond acceptors (Lipinski definition) is 4. The Labute approximate surface area is 161 Å². The van der Waals surface area contributed by atoms with Gasteiger partial charge < -0.3 is 19.7 Å². The van der Waals surface area contributed by atoms with E-state index < -0.39 is 12.5 Å². The number of halogens is 2. The van der Waals surface area contributed by atoms with Crippen LogP contribution in [0.5, 0.6) is 11.5 Å². The molecule has 2 amide bonds. The molecule has 148 valence electrons. The molecule has 1 N–H and O–H groups in total. The standard InChI is InChI=1S/C20H20F2N2O4/c1-27-16-8-3-7-15(18(16)28-20(21)22)19(26)23-14-6-2-5-13(11-14)12-24-10-4-9-17(24)25/h2-3,5-8,11,20H,4,9-10,12H2,1H3,(H,23,26). The Balaban J connectivity index is 1.78.